The standard InChI is InChI=1S/C15H26N2O3S/c1-10(2)20-13-12(16)14(11(3)18)21-15(13)17-8-6-5-7-9-19-4/h10,17H,5-9,16H2,1-4H3. The Kier molecular flexibility index (Phi) is 7.53. The van der Waals surface area contributed by atoms with Crippen molar-refractivity contribution < 1.29 is 14.3 Å². The van der Waals surface area contributed by atoms with E-state index in [1.165, 1.54) is 18.3 Å². The number of nitrogen functional groups attached to an aromatic ring is 1. The number of nitrogens with one attached hydrogen (secondary N) is 1. The predicted octanol–water partition coefficient (Wildman–Crippen LogP) is 3.55. The average Bonchev–Trinajstić information content (AvgIpc) is 2.71. The molecule has 1 aromatic heterocycles. The molecule has 120 valence electrons. The average molecular weight is 314 g/mol. The Labute approximate surface area is 130 Å². The summed E-state index contributed by atoms with van der Waals surface area (Å²) in [6.45, 7) is 7.03. The summed E-state index contributed by atoms with van der Waals surface area (Å²) < 4.78 is 10.8. The first-order valence-corrected chi connectivity index (χ1v) is 8.11. The fraction of sp³-hybridized carbons (Fsp3) is 0.667. The van der Waals surface area contributed by atoms with E-state index in [0.29, 0.717) is 16.3 Å². The number of ketones is 1. The zero-order valence-corrected chi connectivity index (χ0v) is 14.1. The van der Waals surface area contributed by atoms with Crippen molar-refractivity contribution in [1.29, 1.82) is 0 Å². The van der Waals surface area contributed by atoms with Crippen molar-refractivity contribution in [3.05, 3.63) is 4.88 Å². The summed E-state index contributed by atoms with van der Waals surface area (Å²) in [4.78, 5) is 12.2. The molecule has 0 amide bonds. The van der Waals surface area contributed by atoms with Crippen LogP contribution in [0.4, 0.5) is 10.7 Å². The van der Waals surface area contributed by atoms with Crippen LogP contribution in [0.3, 0.4) is 0 Å². The molecule has 1 heterocycles. The van der Waals surface area contributed by atoms with Gasteiger partial charge in [0.15, 0.2) is 11.5 Å². The molecule has 0 spiro atoms. The maximum atomic E-state index is 11.6. The van der Waals surface area contributed by atoms with Gasteiger partial charge in [-0.15, -0.1) is 11.3 Å². The van der Waals surface area contributed by atoms with Crippen molar-refractivity contribution in [1.82, 2.24) is 0 Å². The quantitative estimate of drug-likeness (QED) is 0.510. The molecule has 0 radical (unpaired) electrons. The molecule has 0 aliphatic heterocycles. The lowest BCUT2D eigenvalue weighted by Crippen LogP contribution is -2.09. The minimum atomic E-state index is -0.0285. The summed E-state index contributed by atoms with van der Waals surface area (Å²) >= 11 is 1.37. The van der Waals surface area contributed by atoms with Gasteiger partial charge in [0, 0.05) is 27.2 Å². The Balaban J connectivity index is 2.66. The number of hydrogen-bond donors (Lipinski definition) is 2. The van der Waals surface area contributed by atoms with Gasteiger partial charge in [-0.3, -0.25) is 4.79 Å². The third-order valence-corrected chi connectivity index (χ3v) is 4.13. The number of nitrogens with two attached hydrogens (primary N) is 1. The molecule has 21 heavy (non-hydrogen) atoms. The molecule has 0 aliphatic rings. The van der Waals surface area contributed by atoms with Gasteiger partial charge in [-0.2, -0.15) is 0 Å². The summed E-state index contributed by atoms with van der Waals surface area (Å²) in [5.74, 6) is 0.580. The molecule has 6 heteroatoms. The highest BCUT2D eigenvalue weighted by Crippen LogP contribution is 2.43. The number of carbonyl (C=O) groups is 1. The van der Waals surface area contributed by atoms with E-state index >= 15 is 0 Å². The molecule has 1 aromatic rings. The molecule has 0 bridgehead atoms. The maximum absolute atomic E-state index is 11.6. The minimum Gasteiger partial charge on any atom is -0.486 e. The van der Waals surface area contributed by atoms with Gasteiger partial charge >= 0.3 is 0 Å². The van der Waals surface area contributed by atoms with Crippen molar-refractivity contribution in [3.8, 4) is 5.75 Å². The van der Waals surface area contributed by atoms with Gasteiger partial charge in [-0.25, -0.2) is 0 Å². The zero-order valence-electron chi connectivity index (χ0n) is 13.3. The van der Waals surface area contributed by atoms with E-state index in [9.17, 15) is 4.79 Å². The number of unbranched alkanes of at least 4 members (excludes halogenated alkanes) is 2. The fourth-order valence-corrected chi connectivity index (χ4v) is 2.88. The molecule has 0 unspecified atom stereocenters. The van der Waals surface area contributed by atoms with Crippen molar-refractivity contribution in [2.45, 2.75) is 46.1 Å². The highest BCUT2D eigenvalue weighted by atomic mass is 32.1. The normalized spacial score (nSPS) is 10.9. The second kappa shape index (κ2) is 8.89. The highest BCUT2D eigenvalue weighted by Gasteiger charge is 2.20. The van der Waals surface area contributed by atoms with E-state index in [1.54, 1.807) is 7.11 Å². The van der Waals surface area contributed by atoms with Gasteiger partial charge in [0.05, 0.1) is 16.7 Å². The summed E-state index contributed by atoms with van der Waals surface area (Å²) in [6, 6.07) is 0. The Morgan fingerprint density at radius 2 is 2.05 bits per heavy atom. The van der Waals surface area contributed by atoms with Crippen LogP contribution in [0.1, 0.15) is 49.7 Å². The van der Waals surface area contributed by atoms with Crippen LogP contribution < -0.4 is 15.8 Å². The number of rotatable bonds is 10. The molecule has 3 N–H and O–H groups in total. The lowest BCUT2D eigenvalue weighted by molar-refractivity contribution is 0.102. The van der Waals surface area contributed by atoms with E-state index in [1.807, 2.05) is 13.8 Å². The highest BCUT2D eigenvalue weighted by molar-refractivity contribution is 7.19. The summed E-state index contributed by atoms with van der Waals surface area (Å²) in [6.07, 6.45) is 3.21. The zero-order chi connectivity index (χ0) is 15.8. The molecule has 0 aromatic carbocycles. The number of hydrogen-bond acceptors (Lipinski definition) is 6. The number of ether oxygens (including phenoxy) is 2. The number of thiophene rings is 1. The first-order chi connectivity index (χ1) is 9.97. The number of anilines is 2. The molecule has 0 saturated heterocycles. The van der Waals surface area contributed by atoms with Gasteiger partial charge in [-0.05, 0) is 33.1 Å². The molecule has 0 fully saturated rings. The lowest BCUT2D eigenvalue weighted by Gasteiger charge is -2.12. The second-order valence-electron chi connectivity index (χ2n) is 5.21. The third kappa shape index (κ3) is 5.55. The molecule has 1 rings (SSSR count). The second-order valence-corrected chi connectivity index (χ2v) is 6.23. The van der Waals surface area contributed by atoms with Gasteiger partial charge < -0.3 is 20.5 Å². The summed E-state index contributed by atoms with van der Waals surface area (Å²) in [5.41, 5.74) is 6.48. The molecule has 0 aliphatic carbocycles. The summed E-state index contributed by atoms with van der Waals surface area (Å²) in [7, 11) is 1.71. The Morgan fingerprint density at radius 1 is 1.33 bits per heavy atom. The van der Waals surface area contributed by atoms with Crippen molar-refractivity contribution >= 4 is 27.8 Å². The third-order valence-electron chi connectivity index (χ3n) is 2.88. The molecule has 0 atom stereocenters. The van der Waals surface area contributed by atoms with Gasteiger partial charge in [0.1, 0.15) is 5.00 Å². The van der Waals surface area contributed by atoms with Crippen molar-refractivity contribution in [2.24, 2.45) is 0 Å². The topological polar surface area (TPSA) is 73.6 Å². The summed E-state index contributed by atoms with van der Waals surface area (Å²) in [5, 5.41) is 4.18. The first kappa shape index (κ1) is 17.8. The smallest absolute Gasteiger partial charge is 0.177 e. The maximum Gasteiger partial charge on any atom is 0.177 e. The van der Waals surface area contributed by atoms with Gasteiger partial charge in [0.2, 0.25) is 0 Å². The van der Waals surface area contributed by atoms with Crippen LogP contribution in [0, 0.1) is 0 Å². The van der Waals surface area contributed by atoms with E-state index in [-0.39, 0.29) is 11.9 Å². The predicted molar refractivity (Wildman–Crippen MR) is 88.7 cm³/mol. The van der Waals surface area contributed by atoms with Crippen LogP contribution >= 0.6 is 11.3 Å². The van der Waals surface area contributed by atoms with E-state index < -0.39 is 0 Å². The molecule has 0 saturated carbocycles. The van der Waals surface area contributed by atoms with E-state index in [0.717, 1.165) is 37.4 Å². The monoisotopic (exact) mass is 314 g/mol. The minimum absolute atomic E-state index is 0.0176. The lowest BCUT2D eigenvalue weighted by atomic mass is 10.2. The SMILES string of the molecule is COCCCCCNc1sc(C(C)=O)c(N)c1OC(C)C. The van der Waals surface area contributed by atoms with Crippen molar-refractivity contribution in [3.63, 3.8) is 0 Å². The van der Waals surface area contributed by atoms with E-state index in [4.69, 9.17) is 15.2 Å². The number of carbonyl (C=O) groups excluding carboxylic acids is 1. The van der Waals surface area contributed by atoms with Crippen LogP contribution in [0.25, 0.3) is 0 Å². The van der Waals surface area contributed by atoms with Crippen LogP contribution in [-0.4, -0.2) is 32.1 Å². The first-order valence-electron chi connectivity index (χ1n) is 7.30. The van der Waals surface area contributed by atoms with Crippen LogP contribution in [0.15, 0.2) is 0 Å². The Morgan fingerprint density at radius 3 is 2.62 bits per heavy atom. The van der Waals surface area contributed by atoms with Crippen LogP contribution in [0.5, 0.6) is 5.75 Å². The number of methoxy groups -OCH3 is 1. The van der Waals surface area contributed by atoms with Gasteiger partial charge in [-0.1, -0.05) is 0 Å². The van der Waals surface area contributed by atoms with Gasteiger partial charge in [0.25, 0.3) is 0 Å². The Bertz CT molecular complexity index is 458. The van der Waals surface area contributed by atoms with E-state index in [2.05, 4.69) is 5.32 Å². The Hall–Kier alpha value is -1.27. The number of Topliss-reactive ketones (excluding diaryl/α,β-unsaturated/α-hetero) is 1. The fourth-order valence-electron chi connectivity index (χ4n) is 1.91. The molecule has 5 nitrogen and oxygen atoms in total. The molecular formula is C15H26N2O3S. The molecular weight excluding hydrogens is 288 g/mol. The largest absolute Gasteiger partial charge is 0.486 e. The van der Waals surface area contributed by atoms with Crippen LogP contribution in [0.2, 0.25) is 0 Å². The van der Waals surface area contributed by atoms with Crippen LogP contribution in [-0.2, 0) is 4.74 Å². The van der Waals surface area contributed by atoms with Crippen molar-refractivity contribution in [2.75, 3.05) is 31.3 Å².